The van der Waals surface area contributed by atoms with Crippen molar-refractivity contribution in [2.75, 3.05) is 9.80 Å². The van der Waals surface area contributed by atoms with E-state index in [0.717, 1.165) is 45.5 Å². The molecule has 0 fully saturated rings. The summed E-state index contributed by atoms with van der Waals surface area (Å²) in [7, 11) is 0. The fourth-order valence-electron chi connectivity index (χ4n) is 16.7. The molecular weight excluding hydrogens is 1140 g/mol. The van der Waals surface area contributed by atoms with E-state index in [4.69, 9.17) is 0 Å². The van der Waals surface area contributed by atoms with Gasteiger partial charge in [0, 0.05) is 77.8 Å². The van der Waals surface area contributed by atoms with Crippen molar-refractivity contribution in [3.05, 3.63) is 277 Å². The van der Waals surface area contributed by atoms with Gasteiger partial charge in [0.15, 0.2) is 0 Å². The summed E-state index contributed by atoms with van der Waals surface area (Å²) in [6.07, 6.45) is 2.36. The fourth-order valence-corrected chi connectivity index (χ4v) is 16.7. The maximum Gasteiger partial charge on any atom is 0.252 e. The van der Waals surface area contributed by atoms with Crippen molar-refractivity contribution in [3.8, 4) is 28.2 Å². The second-order valence-electron chi connectivity index (χ2n) is 30.4. The van der Waals surface area contributed by atoms with Crippen LogP contribution in [0.3, 0.4) is 0 Å². The van der Waals surface area contributed by atoms with Crippen LogP contribution in [-0.2, 0) is 21.7 Å². The normalized spacial score (nSPS) is 14.9. The summed E-state index contributed by atoms with van der Waals surface area (Å²) in [5.41, 5.74) is 29.1. The highest BCUT2D eigenvalue weighted by molar-refractivity contribution is 7.00. The Kier molecular flexibility index (Phi) is 12.1. The van der Waals surface area contributed by atoms with E-state index in [1.807, 2.05) is 0 Å². The number of nitrogens with zero attached hydrogens (tertiary/aromatic N) is 5. The van der Waals surface area contributed by atoms with Gasteiger partial charge in [0.25, 0.3) is 6.71 Å². The lowest BCUT2D eigenvalue weighted by Gasteiger charge is -2.45. The number of fused-ring (bicyclic) bond motifs is 14. The Morgan fingerprint density at radius 2 is 0.638 bits per heavy atom. The molecular formula is C88H76BN5. The maximum atomic E-state index is 2.67. The van der Waals surface area contributed by atoms with Crippen molar-refractivity contribution in [1.82, 2.24) is 13.7 Å². The first-order valence-electron chi connectivity index (χ1n) is 33.8. The minimum absolute atomic E-state index is 0.0882. The van der Waals surface area contributed by atoms with Crippen molar-refractivity contribution < 1.29 is 0 Å². The second kappa shape index (κ2) is 20.1. The van der Waals surface area contributed by atoms with Crippen LogP contribution in [0.2, 0.25) is 0 Å². The van der Waals surface area contributed by atoms with Gasteiger partial charge in [-0.1, -0.05) is 227 Å². The highest BCUT2D eigenvalue weighted by atomic mass is 15.2. The molecule has 6 heteroatoms. The summed E-state index contributed by atoms with van der Waals surface area (Å²) in [4.78, 5) is 5.30. The lowest BCUT2D eigenvalue weighted by atomic mass is 9.33. The zero-order valence-electron chi connectivity index (χ0n) is 55.5. The van der Waals surface area contributed by atoms with Gasteiger partial charge in [0.05, 0.1) is 38.8 Å². The molecule has 3 aromatic heterocycles. The highest BCUT2D eigenvalue weighted by Crippen LogP contribution is 2.51. The number of benzene rings is 12. The zero-order chi connectivity index (χ0) is 63.9. The molecule has 0 unspecified atom stereocenters. The van der Waals surface area contributed by atoms with E-state index < -0.39 is 0 Å². The predicted octanol–water partition coefficient (Wildman–Crippen LogP) is 21.7. The molecule has 456 valence electrons. The molecule has 0 N–H and O–H groups in total. The third kappa shape index (κ3) is 8.40. The van der Waals surface area contributed by atoms with Gasteiger partial charge in [0.2, 0.25) is 0 Å². The van der Waals surface area contributed by atoms with E-state index in [0.29, 0.717) is 0 Å². The monoisotopic (exact) mass is 1210 g/mol. The van der Waals surface area contributed by atoms with E-state index in [9.17, 15) is 0 Å². The molecule has 0 amide bonds. The van der Waals surface area contributed by atoms with Crippen LogP contribution in [0, 0.1) is 0 Å². The Hall–Kier alpha value is -10.3. The van der Waals surface area contributed by atoms with Gasteiger partial charge in [-0.05, 0) is 181 Å². The minimum atomic E-state index is -0.163. The molecule has 3 aliphatic rings. The molecule has 15 aromatic rings. The molecule has 0 spiro atoms. The Morgan fingerprint density at radius 3 is 1.04 bits per heavy atom. The summed E-state index contributed by atoms with van der Waals surface area (Å²) in [5.74, 6) is 0. The van der Waals surface area contributed by atoms with Gasteiger partial charge < -0.3 is 23.5 Å². The SMILES string of the molecule is CC(C)(C)c1cc(N2c3cc(-n4c5ccccc5c5ccccc54)ccc3B3c4ccc(-n5c6ccccc6c6ccccc65)cc4N(c4ccc(-c5ccc6c(c5)C(C)(C)CCC6(C)C)cc4)c4cc(-n5c6ccccc6c6ccccc65)cc2c43)cc(C(C)(C)C)c1. The average Bonchev–Trinajstić information content (AvgIpc) is 0.719. The number of rotatable bonds is 6. The van der Waals surface area contributed by atoms with E-state index in [1.54, 1.807) is 0 Å². The smallest absolute Gasteiger partial charge is 0.252 e. The molecule has 0 bridgehead atoms. The number of hydrogen-bond donors (Lipinski definition) is 0. The van der Waals surface area contributed by atoms with Gasteiger partial charge in [-0.25, -0.2) is 0 Å². The van der Waals surface area contributed by atoms with Crippen molar-refractivity contribution in [1.29, 1.82) is 0 Å². The van der Waals surface area contributed by atoms with Crippen LogP contribution in [0.4, 0.5) is 34.1 Å². The number of para-hydroxylation sites is 6. The Labute approximate surface area is 551 Å². The number of hydrogen-bond acceptors (Lipinski definition) is 2. The van der Waals surface area contributed by atoms with Crippen molar-refractivity contribution >= 4 is 123 Å². The molecule has 18 rings (SSSR count). The Morgan fingerprint density at radius 1 is 0.298 bits per heavy atom. The van der Waals surface area contributed by atoms with E-state index in [1.165, 1.54) is 134 Å². The lowest BCUT2D eigenvalue weighted by molar-refractivity contribution is 0.332. The summed E-state index contributed by atoms with van der Waals surface area (Å²) < 4.78 is 7.52. The summed E-state index contributed by atoms with van der Waals surface area (Å²) in [6, 6.07) is 97.9. The highest BCUT2D eigenvalue weighted by Gasteiger charge is 2.45. The molecule has 1 aliphatic carbocycles. The van der Waals surface area contributed by atoms with E-state index in [2.05, 4.69) is 348 Å². The fraction of sp³-hybridized carbons (Fsp3) is 0.182. The molecule has 2 aliphatic heterocycles. The average molecular weight is 1210 g/mol. The van der Waals surface area contributed by atoms with Crippen LogP contribution in [-0.4, -0.2) is 20.4 Å². The molecule has 0 radical (unpaired) electrons. The van der Waals surface area contributed by atoms with Gasteiger partial charge >= 0.3 is 0 Å². The number of anilines is 6. The quantitative estimate of drug-likeness (QED) is 0.155. The molecule has 0 atom stereocenters. The zero-order valence-corrected chi connectivity index (χ0v) is 55.5. The van der Waals surface area contributed by atoms with Crippen LogP contribution in [0.5, 0.6) is 0 Å². The van der Waals surface area contributed by atoms with Gasteiger partial charge in [-0.15, -0.1) is 0 Å². The summed E-state index contributed by atoms with van der Waals surface area (Å²) >= 11 is 0. The van der Waals surface area contributed by atoms with Crippen LogP contribution >= 0.6 is 0 Å². The maximum absolute atomic E-state index is 2.67. The van der Waals surface area contributed by atoms with E-state index >= 15 is 0 Å². The molecule has 94 heavy (non-hydrogen) atoms. The topological polar surface area (TPSA) is 21.3 Å². The van der Waals surface area contributed by atoms with Crippen molar-refractivity contribution in [2.24, 2.45) is 0 Å². The largest absolute Gasteiger partial charge is 0.311 e. The van der Waals surface area contributed by atoms with Crippen LogP contribution in [0.25, 0.3) is 93.6 Å². The minimum Gasteiger partial charge on any atom is -0.311 e. The standard InChI is InChI=1S/C88H76BN5/c1-85(2,3)57-48-58(86(4,5)6)50-62(49-57)94-81-52-61(92-76-31-19-13-25-66(76)67-26-14-20-32-77(67)92)41-44-73(81)89-72-43-40-60(91-74-29-17-11-23-64(74)65-24-12-18-30-75(65)91)51-80(72)90(59-38-35-55(36-39-59)56-37-42-70-71(47-56)88(9,10)46-45-87(70,7)8)82-53-63(54-83(94)84(82)89)93-78-33-21-15-27-68(78)69-28-16-22-34-79(69)93/h11-44,47-54H,45-46H2,1-10H3. The van der Waals surface area contributed by atoms with Gasteiger partial charge in [-0.2, -0.15) is 0 Å². The first kappa shape index (κ1) is 56.5. The number of aromatic nitrogens is 3. The van der Waals surface area contributed by atoms with Crippen LogP contribution in [0.15, 0.2) is 255 Å². The van der Waals surface area contributed by atoms with Gasteiger partial charge in [-0.3, -0.25) is 0 Å². The molecule has 5 nitrogen and oxygen atoms in total. The molecule has 0 saturated carbocycles. The predicted molar refractivity (Wildman–Crippen MR) is 402 cm³/mol. The van der Waals surface area contributed by atoms with Gasteiger partial charge in [0.1, 0.15) is 0 Å². The van der Waals surface area contributed by atoms with Crippen molar-refractivity contribution in [2.45, 2.75) is 104 Å². The third-order valence-corrected chi connectivity index (χ3v) is 21.8. The lowest BCUT2D eigenvalue weighted by Crippen LogP contribution is -2.61. The molecule has 5 heterocycles. The van der Waals surface area contributed by atoms with E-state index in [-0.39, 0.29) is 28.4 Å². The van der Waals surface area contributed by atoms with Crippen molar-refractivity contribution in [3.63, 3.8) is 0 Å². The molecule has 12 aromatic carbocycles. The third-order valence-electron chi connectivity index (χ3n) is 21.8. The Balaban J connectivity index is 0.965. The van der Waals surface area contributed by atoms with Crippen LogP contribution < -0.4 is 26.2 Å². The first-order valence-corrected chi connectivity index (χ1v) is 33.8. The summed E-state index contributed by atoms with van der Waals surface area (Å²) in [6.45, 7) is 23.8. The second-order valence-corrected chi connectivity index (χ2v) is 30.4. The Bertz CT molecular complexity index is 5480. The molecule has 0 saturated heterocycles. The first-order chi connectivity index (χ1) is 45.4. The summed E-state index contributed by atoms with van der Waals surface area (Å²) in [5, 5.41) is 7.44. The van der Waals surface area contributed by atoms with Crippen LogP contribution in [0.1, 0.15) is 104 Å².